The Morgan fingerprint density at radius 3 is 2.47 bits per heavy atom. The highest BCUT2D eigenvalue weighted by Gasteiger charge is 2.11. The Balaban J connectivity index is 2.20. The highest BCUT2D eigenvalue weighted by molar-refractivity contribution is 14.1. The van der Waals surface area contributed by atoms with E-state index in [1.165, 1.54) is 0 Å². The monoisotopic (exact) mass is 469 g/mol. The lowest BCUT2D eigenvalue weighted by Gasteiger charge is -2.14. The normalized spacial score (nSPS) is 12.5. The van der Waals surface area contributed by atoms with Crippen LogP contribution in [-0.2, 0) is 6.42 Å². The Morgan fingerprint density at radius 2 is 1.84 bits per heavy atom. The smallest absolute Gasteiger partial charge is 0.0542 e. The standard InChI is InChI=1S/C14H11BrCl2IN/c15-10-3-1-8(11(16)7-10)6-14(19)9-2-4-13(18)12(17)5-9/h1-5,7,14H,6,19H2. The SMILES string of the molecule is NC(Cc1ccc(Br)cc1Cl)c1ccc(I)c(Cl)c1. The summed E-state index contributed by atoms with van der Waals surface area (Å²) < 4.78 is 1.99. The second-order valence-corrected chi connectivity index (χ2v) is 7.11. The molecule has 0 amide bonds. The summed E-state index contributed by atoms with van der Waals surface area (Å²) in [6.07, 6.45) is 0.684. The van der Waals surface area contributed by atoms with Gasteiger partial charge in [0.2, 0.25) is 0 Å². The minimum atomic E-state index is -0.117. The zero-order valence-corrected chi connectivity index (χ0v) is 15.1. The first-order valence-electron chi connectivity index (χ1n) is 5.62. The van der Waals surface area contributed by atoms with Gasteiger partial charge in [-0.25, -0.2) is 0 Å². The van der Waals surface area contributed by atoms with Crippen LogP contribution < -0.4 is 5.73 Å². The lowest BCUT2D eigenvalue weighted by Crippen LogP contribution is -2.13. The second-order valence-electron chi connectivity index (χ2n) is 4.22. The molecule has 0 spiro atoms. The summed E-state index contributed by atoms with van der Waals surface area (Å²) in [5, 5.41) is 1.46. The van der Waals surface area contributed by atoms with Crippen molar-refractivity contribution in [3.8, 4) is 0 Å². The number of halogens is 4. The number of hydrogen-bond donors (Lipinski definition) is 1. The maximum atomic E-state index is 6.22. The third-order valence-electron chi connectivity index (χ3n) is 2.83. The molecule has 0 aromatic heterocycles. The minimum absolute atomic E-state index is 0.117. The Labute approximate surface area is 144 Å². The van der Waals surface area contributed by atoms with E-state index in [1.54, 1.807) is 0 Å². The van der Waals surface area contributed by atoms with Gasteiger partial charge in [-0.1, -0.05) is 51.3 Å². The largest absolute Gasteiger partial charge is 0.324 e. The van der Waals surface area contributed by atoms with Crippen LogP contribution in [0, 0.1) is 3.57 Å². The van der Waals surface area contributed by atoms with Gasteiger partial charge in [0.05, 0.1) is 5.02 Å². The minimum Gasteiger partial charge on any atom is -0.324 e. The summed E-state index contributed by atoms with van der Waals surface area (Å²) in [6.45, 7) is 0. The molecule has 0 saturated carbocycles. The maximum absolute atomic E-state index is 6.22. The molecule has 0 aliphatic heterocycles. The Morgan fingerprint density at radius 1 is 1.11 bits per heavy atom. The maximum Gasteiger partial charge on any atom is 0.0542 e. The van der Waals surface area contributed by atoms with Crippen molar-refractivity contribution in [3.63, 3.8) is 0 Å². The van der Waals surface area contributed by atoms with E-state index in [0.717, 1.165) is 29.2 Å². The van der Waals surface area contributed by atoms with E-state index in [1.807, 2.05) is 36.4 Å². The van der Waals surface area contributed by atoms with Crippen LogP contribution in [0.1, 0.15) is 17.2 Å². The summed E-state index contributed by atoms with van der Waals surface area (Å²) in [5.74, 6) is 0. The molecule has 0 aliphatic carbocycles. The third-order valence-corrected chi connectivity index (χ3v) is 5.24. The fourth-order valence-corrected chi connectivity index (χ4v) is 3.06. The van der Waals surface area contributed by atoms with Crippen molar-refractivity contribution >= 4 is 61.7 Å². The van der Waals surface area contributed by atoms with Crippen molar-refractivity contribution < 1.29 is 0 Å². The second kappa shape index (κ2) is 6.76. The summed E-state index contributed by atoms with van der Waals surface area (Å²) in [7, 11) is 0. The molecule has 19 heavy (non-hydrogen) atoms. The molecule has 0 radical (unpaired) electrons. The van der Waals surface area contributed by atoms with Crippen LogP contribution in [0.4, 0.5) is 0 Å². The molecule has 0 bridgehead atoms. The van der Waals surface area contributed by atoms with Crippen molar-refractivity contribution in [2.75, 3.05) is 0 Å². The summed E-state index contributed by atoms with van der Waals surface area (Å²) >= 11 is 17.9. The first-order chi connectivity index (χ1) is 8.97. The molecule has 2 aromatic rings. The topological polar surface area (TPSA) is 26.0 Å². The van der Waals surface area contributed by atoms with Gasteiger partial charge >= 0.3 is 0 Å². The Kier molecular flexibility index (Phi) is 5.55. The average molecular weight is 471 g/mol. The highest BCUT2D eigenvalue weighted by Crippen LogP contribution is 2.27. The van der Waals surface area contributed by atoms with Crippen molar-refractivity contribution in [2.24, 2.45) is 5.73 Å². The van der Waals surface area contributed by atoms with Crippen LogP contribution in [0.3, 0.4) is 0 Å². The molecule has 2 rings (SSSR count). The molecule has 0 aliphatic rings. The fraction of sp³-hybridized carbons (Fsp3) is 0.143. The molecule has 1 nitrogen and oxygen atoms in total. The summed E-state index contributed by atoms with van der Waals surface area (Å²) in [4.78, 5) is 0. The molecule has 2 aromatic carbocycles. The zero-order valence-electron chi connectivity index (χ0n) is 9.84. The lowest BCUT2D eigenvalue weighted by atomic mass is 10.00. The molecule has 5 heteroatoms. The molecular formula is C14H11BrCl2IN. The van der Waals surface area contributed by atoms with Crippen molar-refractivity contribution in [1.82, 2.24) is 0 Å². The van der Waals surface area contributed by atoms with Gasteiger partial charge in [0.15, 0.2) is 0 Å². The first kappa shape index (κ1) is 15.6. The van der Waals surface area contributed by atoms with Gasteiger partial charge in [-0.15, -0.1) is 0 Å². The van der Waals surface area contributed by atoms with E-state index >= 15 is 0 Å². The number of benzene rings is 2. The lowest BCUT2D eigenvalue weighted by molar-refractivity contribution is 0.722. The molecule has 1 atom stereocenters. The average Bonchev–Trinajstić information content (AvgIpc) is 2.36. The fourth-order valence-electron chi connectivity index (χ4n) is 1.79. The van der Waals surface area contributed by atoms with E-state index in [2.05, 4.69) is 38.5 Å². The van der Waals surface area contributed by atoms with Crippen LogP contribution >= 0.6 is 61.7 Å². The van der Waals surface area contributed by atoms with E-state index in [4.69, 9.17) is 28.9 Å². The molecule has 100 valence electrons. The van der Waals surface area contributed by atoms with E-state index in [9.17, 15) is 0 Å². The zero-order chi connectivity index (χ0) is 14.0. The molecule has 0 fully saturated rings. The van der Waals surface area contributed by atoms with Crippen molar-refractivity contribution in [1.29, 1.82) is 0 Å². The van der Waals surface area contributed by atoms with Gasteiger partial charge in [0.25, 0.3) is 0 Å². The molecule has 0 saturated heterocycles. The van der Waals surface area contributed by atoms with Gasteiger partial charge in [-0.05, 0) is 64.4 Å². The highest BCUT2D eigenvalue weighted by atomic mass is 127. The van der Waals surface area contributed by atoms with Crippen molar-refractivity contribution in [3.05, 3.63) is 65.6 Å². The number of hydrogen-bond acceptors (Lipinski definition) is 1. The predicted molar refractivity (Wildman–Crippen MR) is 94.0 cm³/mol. The van der Waals surface area contributed by atoms with E-state index in [-0.39, 0.29) is 6.04 Å². The molecule has 0 heterocycles. The molecule has 2 N–H and O–H groups in total. The van der Waals surface area contributed by atoms with Gasteiger partial charge in [-0.3, -0.25) is 0 Å². The summed E-state index contributed by atoms with van der Waals surface area (Å²) in [5.41, 5.74) is 8.27. The summed E-state index contributed by atoms with van der Waals surface area (Å²) in [6, 6.07) is 11.6. The van der Waals surface area contributed by atoms with Gasteiger partial charge in [-0.2, -0.15) is 0 Å². The van der Waals surface area contributed by atoms with Gasteiger partial charge < -0.3 is 5.73 Å². The van der Waals surface area contributed by atoms with Crippen LogP contribution in [-0.4, -0.2) is 0 Å². The Bertz CT molecular complexity index is 604. The van der Waals surface area contributed by atoms with Crippen molar-refractivity contribution in [2.45, 2.75) is 12.5 Å². The number of nitrogens with two attached hydrogens (primary N) is 1. The van der Waals surface area contributed by atoms with Gasteiger partial charge in [0, 0.05) is 19.1 Å². The third kappa shape index (κ3) is 4.08. The van der Waals surface area contributed by atoms with Crippen LogP contribution in [0.2, 0.25) is 10.0 Å². The quantitative estimate of drug-likeness (QED) is 0.580. The van der Waals surface area contributed by atoms with E-state index < -0.39 is 0 Å². The van der Waals surface area contributed by atoms with E-state index in [0.29, 0.717) is 6.42 Å². The first-order valence-corrected chi connectivity index (χ1v) is 8.24. The Hall–Kier alpha value is 0.190. The van der Waals surface area contributed by atoms with Crippen LogP contribution in [0.25, 0.3) is 0 Å². The predicted octanol–water partition coefficient (Wildman–Crippen LogP) is 5.60. The molecular weight excluding hydrogens is 460 g/mol. The van der Waals surface area contributed by atoms with Crippen LogP contribution in [0.5, 0.6) is 0 Å². The van der Waals surface area contributed by atoms with Gasteiger partial charge in [0.1, 0.15) is 0 Å². The van der Waals surface area contributed by atoms with Crippen LogP contribution in [0.15, 0.2) is 40.9 Å². The number of rotatable bonds is 3. The molecule has 1 unspecified atom stereocenters.